The maximum atomic E-state index is 6.33. The van der Waals surface area contributed by atoms with E-state index in [9.17, 15) is 0 Å². The van der Waals surface area contributed by atoms with Crippen LogP contribution in [0.25, 0.3) is 0 Å². The predicted octanol–water partition coefficient (Wildman–Crippen LogP) is 3.73. The minimum Gasteiger partial charge on any atom is -0.372 e. The third-order valence-electron chi connectivity index (χ3n) is 4.13. The molecule has 0 amide bonds. The molecule has 2 nitrogen and oxygen atoms in total. The number of nitrogens with zero attached hydrogens (tertiary/aromatic N) is 1. The summed E-state index contributed by atoms with van der Waals surface area (Å²) in [4.78, 5) is 2.47. The minimum atomic E-state index is -0.0356. The van der Waals surface area contributed by atoms with Crippen LogP contribution < -0.4 is 10.6 Å². The molecule has 3 rings (SSSR count). The number of anilines is 1. The summed E-state index contributed by atoms with van der Waals surface area (Å²) < 4.78 is 0. The van der Waals surface area contributed by atoms with Gasteiger partial charge in [-0.2, -0.15) is 0 Å². The van der Waals surface area contributed by atoms with Gasteiger partial charge >= 0.3 is 0 Å². The Morgan fingerprint density at radius 2 is 1.35 bits per heavy atom. The normalized spacial score (nSPS) is 16.9. The smallest absolute Gasteiger partial charge is 0.0551 e. The summed E-state index contributed by atoms with van der Waals surface area (Å²) >= 11 is 0. The molecule has 1 heterocycles. The van der Waals surface area contributed by atoms with Crippen LogP contribution >= 0.6 is 0 Å². The first-order chi connectivity index (χ1) is 9.84. The van der Waals surface area contributed by atoms with Crippen LogP contribution in [0, 0.1) is 0 Å². The van der Waals surface area contributed by atoms with E-state index in [4.69, 9.17) is 5.73 Å². The van der Waals surface area contributed by atoms with Gasteiger partial charge in [-0.15, -0.1) is 0 Å². The molecule has 0 aromatic heterocycles. The number of hydrogen-bond donors (Lipinski definition) is 1. The highest BCUT2D eigenvalue weighted by molar-refractivity contribution is 5.49. The fourth-order valence-electron chi connectivity index (χ4n) is 2.90. The van der Waals surface area contributed by atoms with Crippen LogP contribution in [0.5, 0.6) is 0 Å². The van der Waals surface area contributed by atoms with Gasteiger partial charge < -0.3 is 10.6 Å². The molecule has 1 unspecified atom stereocenters. The predicted molar refractivity (Wildman–Crippen MR) is 85.0 cm³/mol. The van der Waals surface area contributed by atoms with E-state index >= 15 is 0 Å². The first kappa shape index (κ1) is 13.2. The monoisotopic (exact) mass is 266 g/mol. The van der Waals surface area contributed by atoms with Gasteiger partial charge in [-0.05, 0) is 42.5 Å². The first-order valence-corrected chi connectivity index (χ1v) is 7.50. The van der Waals surface area contributed by atoms with Gasteiger partial charge in [0.05, 0.1) is 6.04 Å². The van der Waals surface area contributed by atoms with Crippen molar-refractivity contribution in [1.29, 1.82) is 0 Å². The van der Waals surface area contributed by atoms with E-state index in [1.165, 1.54) is 49.2 Å². The average molecular weight is 266 g/mol. The van der Waals surface area contributed by atoms with E-state index in [2.05, 4.69) is 41.3 Å². The van der Waals surface area contributed by atoms with Crippen molar-refractivity contribution in [3.63, 3.8) is 0 Å². The fourth-order valence-corrected chi connectivity index (χ4v) is 2.90. The quantitative estimate of drug-likeness (QED) is 0.917. The molecule has 1 fully saturated rings. The van der Waals surface area contributed by atoms with Crippen LogP contribution in [0.2, 0.25) is 0 Å². The topological polar surface area (TPSA) is 29.3 Å². The van der Waals surface area contributed by atoms with Crippen molar-refractivity contribution in [1.82, 2.24) is 0 Å². The van der Waals surface area contributed by atoms with E-state index in [1.807, 2.05) is 18.2 Å². The van der Waals surface area contributed by atoms with Crippen molar-refractivity contribution >= 4 is 5.69 Å². The lowest BCUT2D eigenvalue weighted by molar-refractivity contribution is 0.578. The summed E-state index contributed by atoms with van der Waals surface area (Å²) in [6.07, 6.45) is 3.99. The third kappa shape index (κ3) is 2.86. The molecule has 0 bridgehead atoms. The van der Waals surface area contributed by atoms with Gasteiger partial charge in [0, 0.05) is 18.8 Å². The van der Waals surface area contributed by atoms with Gasteiger partial charge in [0.1, 0.15) is 0 Å². The molecule has 2 aromatic carbocycles. The molecular formula is C18H22N2. The van der Waals surface area contributed by atoms with Crippen LogP contribution in [0.1, 0.15) is 36.4 Å². The summed E-state index contributed by atoms with van der Waals surface area (Å²) in [5.41, 5.74) is 10.0. The van der Waals surface area contributed by atoms with Gasteiger partial charge in [-0.1, -0.05) is 42.5 Å². The summed E-state index contributed by atoms with van der Waals surface area (Å²) in [6.45, 7) is 2.37. The highest BCUT2D eigenvalue weighted by atomic mass is 15.1. The molecule has 2 N–H and O–H groups in total. The molecule has 2 aromatic rings. The van der Waals surface area contributed by atoms with Gasteiger partial charge in [-0.3, -0.25) is 0 Å². The van der Waals surface area contributed by atoms with Gasteiger partial charge in [0.25, 0.3) is 0 Å². The van der Waals surface area contributed by atoms with Crippen molar-refractivity contribution in [3.8, 4) is 0 Å². The molecular weight excluding hydrogens is 244 g/mol. The molecule has 20 heavy (non-hydrogen) atoms. The largest absolute Gasteiger partial charge is 0.372 e. The molecule has 1 aliphatic rings. The molecule has 2 heteroatoms. The maximum Gasteiger partial charge on any atom is 0.0551 e. The molecule has 0 aliphatic carbocycles. The van der Waals surface area contributed by atoms with Crippen LogP contribution in [-0.4, -0.2) is 13.1 Å². The lowest BCUT2D eigenvalue weighted by Gasteiger charge is -2.29. The minimum absolute atomic E-state index is 0.0356. The number of benzene rings is 2. The summed E-state index contributed by atoms with van der Waals surface area (Å²) in [5, 5.41) is 0. The van der Waals surface area contributed by atoms with Crippen molar-refractivity contribution in [2.45, 2.75) is 25.3 Å². The van der Waals surface area contributed by atoms with Crippen molar-refractivity contribution in [3.05, 3.63) is 65.7 Å². The highest BCUT2D eigenvalue weighted by Crippen LogP contribution is 2.24. The fraction of sp³-hybridized carbons (Fsp3) is 0.333. The second-order valence-electron chi connectivity index (χ2n) is 5.53. The zero-order valence-corrected chi connectivity index (χ0v) is 11.8. The molecule has 0 spiro atoms. The van der Waals surface area contributed by atoms with E-state index in [0.717, 1.165) is 0 Å². The summed E-state index contributed by atoms with van der Waals surface area (Å²) in [6, 6.07) is 19.0. The number of piperidine rings is 1. The van der Waals surface area contributed by atoms with Gasteiger partial charge in [0.15, 0.2) is 0 Å². The Kier molecular flexibility index (Phi) is 4.03. The first-order valence-electron chi connectivity index (χ1n) is 7.50. The molecule has 104 valence electrons. The second-order valence-corrected chi connectivity index (χ2v) is 5.53. The molecule has 0 radical (unpaired) electrons. The van der Waals surface area contributed by atoms with Crippen LogP contribution in [-0.2, 0) is 0 Å². The Labute approximate surface area is 121 Å². The Hall–Kier alpha value is -1.80. The van der Waals surface area contributed by atoms with E-state index in [1.54, 1.807) is 0 Å². The lowest BCUT2D eigenvalue weighted by Crippen LogP contribution is -2.29. The van der Waals surface area contributed by atoms with Gasteiger partial charge in [-0.25, -0.2) is 0 Å². The van der Waals surface area contributed by atoms with Crippen molar-refractivity contribution in [2.75, 3.05) is 18.0 Å². The van der Waals surface area contributed by atoms with Crippen molar-refractivity contribution in [2.24, 2.45) is 5.73 Å². The lowest BCUT2D eigenvalue weighted by atomic mass is 9.99. The van der Waals surface area contributed by atoms with E-state index in [0.29, 0.717) is 0 Å². The molecule has 0 saturated carbocycles. The van der Waals surface area contributed by atoms with Gasteiger partial charge in [0.2, 0.25) is 0 Å². The SMILES string of the molecule is NC(c1ccccc1)c1ccc(N2CCCCC2)cc1. The zero-order chi connectivity index (χ0) is 13.8. The average Bonchev–Trinajstić information content (AvgIpc) is 2.56. The Bertz CT molecular complexity index is 527. The van der Waals surface area contributed by atoms with Crippen LogP contribution in [0.15, 0.2) is 54.6 Å². The van der Waals surface area contributed by atoms with Crippen LogP contribution in [0.4, 0.5) is 5.69 Å². The van der Waals surface area contributed by atoms with E-state index < -0.39 is 0 Å². The standard InChI is InChI=1S/C18H22N2/c19-18(15-7-3-1-4-8-15)16-9-11-17(12-10-16)20-13-5-2-6-14-20/h1,3-4,7-12,18H,2,5-6,13-14,19H2. The Morgan fingerprint density at radius 3 is 2.00 bits per heavy atom. The van der Waals surface area contributed by atoms with Crippen molar-refractivity contribution < 1.29 is 0 Å². The van der Waals surface area contributed by atoms with E-state index in [-0.39, 0.29) is 6.04 Å². The Morgan fingerprint density at radius 1 is 0.750 bits per heavy atom. The molecule has 1 saturated heterocycles. The molecule has 1 aliphatic heterocycles. The number of nitrogens with two attached hydrogens (primary N) is 1. The number of hydrogen-bond acceptors (Lipinski definition) is 2. The summed E-state index contributed by atoms with van der Waals surface area (Å²) in [5.74, 6) is 0. The maximum absolute atomic E-state index is 6.33. The molecule has 1 atom stereocenters. The number of rotatable bonds is 3. The summed E-state index contributed by atoms with van der Waals surface area (Å²) in [7, 11) is 0. The Balaban J connectivity index is 1.75. The highest BCUT2D eigenvalue weighted by Gasteiger charge is 2.12. The second kappa shape index (κ2) is 6.10. The van der Waals surface area contributed by atoms with Crippen LogP contribution in [0.3, 0.4) is 0 Å². The third-order valence-corrected chi connectivity index (χ3v) is 4.13. The zero-order valence-electron chi connectivity index (χ0n) is 11.8.